The number of nitrogens with zero attached hydrogens (tertiary/aromatic N) is 1. The van der Waals surface area contributed by atoms with Crippen LogP contribution in [0.15, 0.2) is 48.6 Å². The Labute approximate surface area is 253 Å². The molecule has 0 amide bonds. The Morgan fingerprint density at radius 2 is 1.36 bits per heavy atom. The van der Waals surface area contributed by atoms with Crippen LogP contribution in [-0.2, 0) is 23.8 Å². The van der Waals surface area contributed by atoms with Crippen LogP contribution in [-0.4, -0.2) is 62.5 Å². The number of rotatable bonds is 23. The van der Waals surface area contributed by atoms with Gasteiger partial charge in [-0.2, -0.15) is 5.06 Å². The summed E-state index contributed by atoms with van der Waals surface area (Å²) in [5, 5.41) is 1.49. The van der Waals surface area contributed by atoms with Crippen LogP contribution in [0.1, 0.15) is 119 Å². The molecule has 8 heteroatoms. The zero-order valence-electron chi connectivity index (χ0n) is 26.5. The second kappa shape index (κ2) is 23.6. The third kappa shape index (κ3) is 18.5. The number of hydrogen-bond acceptors (Lipinski definition) is 8. The predicted molar refractivity (Wildman–Crippen MR) is 166 cm³/mol. The maximum atomic E-state index is 12.8. The van der Waals surface area contributed by atoms with Crippen molar-refractivity contribution in [1.29, 1.82) is 0 Å². The molecule has 0 aliphatic carbocycles. The molecular formula is C34H53NO7. The zero-order chi connectivity index (χ0) is 31.0. The predicted octanol–water partition coefficient (Wildman–Crippen LogP) is 7.63. The minimum absolute atomic E-state index is 0.0330. The van der Waals surface area contributed by atoms with Crippen molar-refractivity contribution in [2.45, 2.75) is 110 Å². The number of benzene rings is 1. The average molecular weight is 588 g/mol. The van der Waals surface area contributed by atoms with Crippen LogP contribution >= 0.6 is 0 Å². The lowest BCUT2D eigenvalue weighted by Crippen LogP contribution is -2.32. The molecule has 0 fully saturated rings. The monoisotopic (exact) mass is 587 g/mol. The lowest BCUT2D eigenvalue weighted by molar-refractivity contribution is -0.176. The number of ether oxygens (including phenoxy) is 3. The highest BCUT2D eigenvalue weighted by Crippen LogP contribution is 2.14. The van der Waals surface area contributed by atoms with Gasteiger partial charge in [0.15, 0.2) is 6.10 Å². The van der Waals surface area contributed by atoms with Crippen molar-refractivity contribution in [2.75, 3.05) is 27.3 Å². The smallest absolute Gasteiger partial charge is 0.339 e. The maximum Gasteiger partial charge on any atom is 0.339 e. The summed E-state index contributed by atoms with van der Waals surface area (Å²) in [6.45, 7) is 5.53. The topological polar surface area (TPSA) is 91.4 Å². The minimum atomic E-state index is -0.781. The third-order valence-corrected chi connectivity index (χ3v) is 6.26. The molecule has 0 heterocycles. The number of carbonyl (C=O) groups is 3. The second-order valence-corrected chi connectivity index (χ2v) is 10.8. The Morgan fingerprint density at radius 3 is 1.98 bits per heavy atom. The number of esters is 3. The van der Waals surface area contributed by atoms with Crippen molar-refractivity contribution >= 4 is 17.9 Å². The number of hydrogen-bond donors (Lipinski definition) is 0. The molecule has 0 saturated carbocycles. The fourth-order valence-corrected chi connectivity index (χ4v) is 4.04. The maximum absolute atomic E-state index is 12.8. The van der Waals surface area contributed by atoms with Crippen molar-refractivity contribution < 1.29 is 33.4 Å². The van der Waals surface area contributed by atoms with E-state index in [-0.39, 0.29) is 36.4 Å². The number of carbonyl (C=O) groups excluding carboxylic acids is 3. The molecule has 0 saturated heterocycles. The molecule has 1 unspecified atom stereocenters. The minimum Gasteiger partial charge on any atom is -0.459 e. The van der Waals surface area contributed by atoms with Crippen LogP contribution in [0.25, 0.3) is 0 Å². The van der Waals surface area contributed by atoms with Crippen molar-refractivity contribution in [1.82, 2.24) is 5.06 Å². The number of unbranched alkanes of at least 4 members (excludes halogenated alkanes) is 8. The Kier molecular flexibility index (Phi) is 20.8. The standard InChI is InChI=1S/C34H53NO7/c1-6-7-8-9-10-11-12-13-14-15-16-17-18-19-20-25-32(36)42-29(27-40-35(4)5)26-39-33(37)30-23-21-22-24-31(30)34(38)41-28(2)3/h10-11,13-14,21-24,28-29H,6-9,12,15-20,25-27H2,1-5H3/b11-10-,14-13-. The summed E-state index contributed by atoms with van der Waals surface area (Å²) in [6, 6.07) is 6.30. The first-order valence-corrected chi connectivity index (χ1v) is 15.5. The van der Waals surface area contributed by atoms with E-state index in [2.05, 4.69) is 31.2 Å². The van der Waals surface area contributed by atoms with E-state index >= 15 is 0 Å². The fourth-order valence-electron chi connectivity index (χ4n) is 4.04. The molecule has 8 nitrogen and oxygen atoms in total. The van der Waals surface area contributed by atoms with E-state index in [1.165, 1.54) is 42.9 Å². The molecule has 1 aromatic rings. The molecule has 0 spiro atoms. The van der Waals surface area contributed by atoms with Crippen molar-refractivity contribution in [3.8, 4) is 0 Å². The van der Waals surface area contributed by atoms with Crippen LogP contribution in [0, 0.1) is 0 Å². The van der Waals surface area contributed by atoms with Gasteiger partial charge < -0.3 is 14.2 Å². The first kappa shape index (κ1) is 37.1. The van der Waals surface area contributed by atoms with Crippen LogP contribution < -0.4 is 0 Å². The van der Waals surface area contributed by atoms with Crippen LogP contribution in [0.3, 0.4) is 0 Å². The molecular weight excluding hydrogens is 534 g/mol. The van der Waals surface area contributed by atoms with Gasteiger partial charge in [0.1, 0.15) is 13.2 Å². The molecule has 0 aromatic heterocycles. The van der Waals surface area contributed by atoms with Gasteiger partial charge >= 0.3 is 17.9 Å². The van der Waals surface area contributed by atoms with E-state index in [1.807, 2.05) is 0 Å². The first-order valence-electron chi connectivity index (χ1n) is 15.5. The van der Waals surface area contributed by atoms with Gasteiger partial charge in [-0.3, -0.25) is 9.63 Å². The summed E-state index contributed by atoms with van der Waals surface area (Å²) in [4.78, 5) is 43.1. The summed E-state index contributed by atoms with van der Waals surface area (Å²) in [6.07, 6.45) is 20.4. The summed E-state index contributed by atoms with van der Waals surface area (Å²) in [5.74, 6) is -1.66. The average Bonchev–Trinajstić information content (AvgIpc) is 2.95. The Morgan fingerprint density at radius 1 is 0.762 bits per heavy atom. The van der Waals surface area contributed by atoms with Crippen molar-refractivity contribution in [3.05, 3.63) is 59.7 Å². The molecule has 0 radical (unpaired) electrons. The fraction of sp³-hybridized carbons (Fsp3) is 0.618. The van der Waals surface area contributed by atoms with Crippen LogP contribution in [0.5, 0.6) is 0 Å². The van der Waals surface area contributed by atoms with E-state index in [9.17, 15) is 14.4 Å². The Bertz CT molecular complexity index is 955. The van der Waals surface area contributed by atoms with Gasteiger partial charge in [-0.15, -0.1) is 0 Å². The third-order valence-electron chi connectivity index (χ3n) is 6.26. The lowest BCUT2D eigenvalue weighted by Gasteiger charge is -2.20. The van der Waals surface area contributed by atoms with E-state index in [1.54, 1.807) is 40.1 Å². The van der Waals surface area contributed by atoms with E-state index in [4.69, 9.17) is 19.0 Å². The molecule has 1 atom stereocenters. The SMILES string of the molecule is CCCCC/C=C\C/C=C\CCCCCCCC(=O)OC(COC(=O)c1ccccc1C(=O)OC(C)C)CON(C)C. The second-order valence-electron chi connectivity index (χ2n) is 10.8. The molecule has 1 aromatic carbocycles. The van der Waals surface area contributed by atoms with Crippen LogP contribution in [0.4, 0.5) is 0 Å². The summed E-state index contributed by atoms with van der Waals surface area (Å²) < 4.78 is 16.2. The van der Waals surface area contributed by atoms with Gasteiger partial charge in [-0.25, -0.2) is 9.59 Å². The highest BCUT2D eigenvalue weighted by molar-refractivity contribution is 6.03. The highest BCUT2D eigenvalue weighted by Gasteiger charge is 2.23. The van der Waals surface area contributed by atoms with Gasteiger partial charge in [-0.1, -0.05) is 75.5 Å². The Balaban J connectivity index is 2.37. The van der Waals surface area contributed by atoms with E-state index in [0.717, 1.165) is 44.9 Å². The quantitative estimate of drug-likeness (QED) is 0.0424. The van der Waals surface area contributed by atoms with Crippen molar-refractivity contribution in [2.24, 2.45) is 0 Å². The molecule has 0 N–H and O–H groups in total. The summed E-state index contributed by atoms with van der Waals surface area (Å²) >= 11 is 0. The zero-order valence-corrected chi connectivity index (χ0v) is 26.5. The highest BCUT2D eigenvalue weighted by atomic mass is 16.7. The summed E-state index contributed by atoms with van der Waals surface area (Å²) in [7, 11) is 3.42. The Hall–Kier alpha value is -2.97. The molecule has 0 aliphatic rings. The van der Waals surface area contributed by atoms with Gasteiger partial charge in [0.2, 0.25) is 0 Å². The van der Waals surface area contributed by atoms with Crippen molar-refractivity contribution in [3.63, 3.8) is 0 Å². The van der Waals surface area contributed by atoms with Gasteiger partial charge in [0, 0.05) is 20.5 Å². The molecule has 42 heavy (non-hydrogen) atoms. The van der Waals surface area contributed by atoms with Gasteiger partial charge in [0.25, 0.3) is 0 Å². The number of hydroxylamine groups is 2. The molecule has 1 rings (SSSR count). The van der Waals surface area contributed by atoms with Gasteiger partial charge in [0.05, 0.1) is 17.2 Å². The number of allylic oxidation sites excluding steroid dienone is 4. The van der Waals surface area contributed by atoms with Gasteiger partial charge in [-0.05, 0) is 64.5 Å². The van der Waals surface area contributed by atoms with E-state index < -0.39 is 18.0 Å². The van der Waals surface area contributed by atoms with E-state index in [0.29, 0.717) is 6.42 Å². The molecule has 0 aliphatic heterocycles. The lowest BCUT2D eigenvalue weighted by atomic mass is 10.1. The normalized spacial score (nSPS) is 12.4. The molecule has 236 valence electrons. The largest absolute Gasteiger partial charge is 0.459 e. The van der Waals surface area contributed by atoms with Crippen LogP contribution in [0.2, 0.25) is 0 Å². The summed E-state index contributed by atoms with van der Waals surface area (Å²) in [5.41, 5.74) is 0.211. The molecule has 0 bridgehead atoms. The first-order chi connectivity index (χ1) is 20.2.